The highest BCUT2D eigenvalue weighted by molar-refractivity contribution is 9.10. The number of halogens is 3. The Balaban J connectivity index is 2.22. The van der Waals surface area contributed by atoms with Crippen molar-refractivity contribution in [2.45, 2.75) is 0 Å². The van der Waals surface area contributed by atoms with E-state index in [0.717, 1.165) is 0 Å². The standard InChI is InChI=1S/C13H8BrCl2NO2/c14-8-3-7(4-9(15)5-8)13(19)17-10-1-2-11(16)12(18)6-10/h1-6,18H,(H,17,19). The molecule has 2 aromatic carbocycles. The van der Waals surface area contributed by atoms with Crippen LogP contribution in [0.5, 0.6) is 5.75 Å². The summed E-state index contributed by atoms with van der Waals surface area (Å²) in [5.41, 5.74) is 0.858. The van der Waals surface area contributed by atoms with E-state index in [2.05, 4.69) is 21.2 Å². The van der Waals surface area contributed by atoms with Crippen LogP contribution in [0, 0.1) is 0 Å². The van der Waals surface area contributed by atoms with Gasteiger partial charge in [0.1, 0.15) is 5.75 Å². The molecule has 0 aliphatic rings. The van der Waals surface area contributed by atoms with Crippen LogP contribution < -0.4 is 5.32 Å². The molecule has 3 nitrogen and oxygen atoms in total. The van der Waals surface area contributed by atoms with Gasteiger partial charge >= 0.3 is 0 Å². The number of carbonyl (C=O) groups excluding carboxylic acids is 1. The van der Waals surface area contributed by atoms with Gasteiger partial charge in [0.15, 0.2) is 0 Å². The van der Waals surface area contributed by atoms with Crippen LogP contribution in [0.4, 0.5) is 5.69 Å². The highest BCUT2D eigenvalue weighted by Crippen LogP contribution is 2.27. The van der Waals surface area contributed by atoms with Gasteiger partial charge in [-0.15, -0.1) is 0 Å². The predicted molar refractivity (Wildman–Crippen MR) is 80.2 cm³/mol. The molecule has 0 unspecified atom stereocenters. The van der Waals surface area contributed by atoms with Crippen LogP contribution in [-0.4, -0.2) is 11.0 Å². The lowest BCUT2D eigenvalue weighted by molar-refractivity contribution is 0.102. The molecule has 0 saturated heterocycles. The summed E-state index contributed by atoms with van der Waals surface area (Å²) in [5, 5.41) is 12.8. The Kier molecular flexibility index (Phi) is 4.34. The van der Waals surface area contributed by atoms with Crippen molar-refractivity contribution >= 4 is 50.7 Å². The summed E-state index contributed by atoms with van der Waals surface area (Å²) in [6.07, 6.45) is 0. The van der Waals surface area contributed by atoms with Crippen LogP contribution in [0.15, 0.2) is 40.9 Å². The van der Waals surface area contributed by atoms with E-state index < -0.39 is 0 Å². The van der Waals surface area contributed by atoms with Crippen molar-refractivity contribution in [1.29, 1.82) is 0 Å². The number of nitrogens with one attached hydrogen (secondary N) is 1. The minimum absolute atomic E-state index is 0.0910. The molecule has 19 heavy (non-hydrogen) atoms. The van der Waals surface area contributed by atoms with Crippen LogP contribution in [0.3, 0.4) is 0 Å². The number of phenols is 1. The van der Waals surface area contributed by atoms with Crippen molar-refractivity contribution in [2.24, 2.45) is 0 Å². The normalized spacial score (nSPS) is 10.3. The van der Waals surface area contributed by atoms with Gasteiger partial charge in [0, 0.05) is 26.8 Å². The first kappa shape index (κ1) is 14.2. The second-order valence-electron chi connectivity index (χ2n) is 3.78. The van der Waals surface area contributed by atoms with Crippen molar-refractivity contribution < 1.29 is 9.90 Å². The van der Waals surface area contributed by atoms with Gasteiger partial charge in [-0.1, -0.05) is 39.1 Å². The third-order valence-corrected chi connectivity index (χ3v) is 3.32. The molecular weight excluding hydrogens is 353 g/mol. The summed E-state index contributed by atoms with van der Waals surface area (Å²) in [4.78, 5) is 12.0. The molecular formula is C13H8BrCl2NO2. The monoisotopic (exact) mass is 359 g/mol. The molecule has 0 bridgehead atoms. The molecule has 2 aromatic rings. The molecule has 0 radical (unpaired) electrons. The summed E-state index contributed by atoms with van der Waals surface area (Å²) in [6, 6.07) is 9.36. The average Bonchev–Trinajstić information content (AvgIpc) is 2.32. The van der Waals surface area contributed by atoms with E-state index in [0.29, 0.717) is 20.7 Å². The summed E-state index contributed by atoms with van der Waals surface area (Å²) in [5.74, 6) is -0.420. The zero-order chi connectivity index (χ0) is 14.0. The predicted octanol–water partition coefficient (Wildman–Crippen LogP) is 4.71. The van der Waals surface area contributed by atoms with E-state index in [-0.39, 0.29) is 16.7 Å². The van der Waals surface area contributed by atoms with E-state index in [4.69, 9.17) is 23.2 Å². The Bertz CT molecular complexity index is 626. The Hall–Kier alpha value is -1.23. The van der Waals surface area contributed by atoms with Gasteiger partial charge in [-0.25, -0.2) is 0 Å². The minimum Gasteiger partial charge on any atom is -0.506 e. The van der Waals surface area contributed by atoms with E-state index in [1.807, 2.05) is 0 Å². The van der Waals surface area contributed by atoms with Crippen molar-refractivity contribution in [3.05, 3.63) is 56.5 Å². The topological polar surface area (TPSA) is 49.3 Å². The Morgan fingerprint density at radius 2 is 1.89 bits per heavy atom. The van der Waals surface area contributed by atoms with Crippen LogP contribution in [0.25, 0.3) is 0 Å². The molecule has 0 aliphatic heterocycles. The van der Waals surface area contributed by atoms with E-state index in [1.54, 1.807) is 24.3 Å². The molecule has 6 heteroatoms. The summed E-state index contributed by atoms with van der Waals surface area (Å²) >= 11 is 14.8. The fourth-order valence-corrected chi connectivity index (χ4v) is 2.46. The molecule has 2 N–H and O–H groups in total. The number of hydrogen-bond donors (Lipinski definition) is 2. The van der Waals surface area contributed by atoms with Gasteiger partial charge in [-0.3, -0.25) is 4.79 Å². The number of carbonyl (C=O) groups is 1. The van der Waals surface area contributed by atoms with Crippen LogP contribution >= 0.6 is 39.1 Å². The maximum absolute atomic E-state index is 12.0. The number of hydrogen-bond acceptors (Lipinski definition) is 2. The lowest BCUT2D eigenvalue weighted by Gasteiger charge is -2.07. The summed E-state index contributed by atoms with van der Waals surface area (Å²) in [7, 11) is 0. The molecule has 0 saturated carbocycles. The fraction of sp³-hybridized carbons (Fsp3) is 0. The third kappa shape index (κ3) is 3.62. The molecule has 0 heterocycles. The summed E-state index contributed by atoms with van der Waals surface area (Å²) in [6.45, 7) is 0. The maximum atomic E-state index is 12.0. The average molecular weight is 361 g/mol. The molecule has 0 fully saturated rings. The van der Waals surface area contributed by atoms with Crippen LogP contribution in [0.2, 0.25) is 10.0 Å². The second kappa shape index (κ2) is 5.82. The number of benzene rings is 2. The van der Waals surface area contributed by atoms with Gasteiger partial charge in [-0.2, -0.15) is 0 Å². The van der Waals surface area contributed by atoms with E-state index >= 15 is 0 Å². The second-order valence-corrected chi connectivity index (χ2v) is 5.54. The Labute approximate surface area is 128 Å². The van der Waals surface area contributed by atoms with E-state index in [1.165, 1.54) is 12.1 Å². The van der Waals surface area contributed by atoms with Crippen molar-refractivity contribution in [3.8, 4) is 5.75 Å². The summed E-state index contributed by atoms with van der Waals surface area (Å²) < 4.78 is 0.712. The van der Waals surface area contributed by atoms with Crippen molar-refractivity contribution in [3.63, 3.8) is 0 Å². The lowest BCUT2D eigenvalue weighted by atomic mass is 10.2. The number of phenolic OH excluding ortho intramolecular Hbond substituents is 1. The number of amides is 1. The van der Waals surface area contributed by atoms with E-state index in [9.17, 15) is 9.90 Å². The molecule has 0 spiro atoms. The molecule has 0 aromatic heterocycles. The zero-order valence-electron chi connectivity index (χ0n) is 9.45. The number of anilines is 1. The Morgan fingerprint density at radius 3 is 2.53 bits per heavy atom. The molecule has 0 aliphatic carbocycles. The van der Waals surface area contributed by atoms with Gasteiger partial charge in [-0.05, 0) is 30.3 Å². The smallest absolute Gasteiger partial charge is 0.255 e. The first-order valence-corrected chi connectivity index (χ1v) is 6.76. The first-order chi connectivity index (χ1) is 8.95. The zero-order valence-corrected chi connectivity index (χ0v) is 12.6. The largest absolute Gasteiger partial charge is 0.506 e. The molecule has 98 valence electrons. The van der Waals surface area contributed by atoms with Crippen molar-refractivity contribution in [2.75, 3.05) is 5.32 Å². The van der Waals surface area contributed by atoms with Gasteiger partial charge < -0.3 is 10.4 Å². The number of rotatable bonds is 2. The fourth-order valence-electron chi connectivity index (χ4n) is 1.48. The highest BCUT2D eigenvalue weighted by atomic mass is 79.9. The van der Waals surface area contributed by atoms with Crippen LogP contribution in [0.1, 0.15) is 10.4 Å². The molecule has 1 amide bonds. The first-order valence-electron chi connectivity index (χ1n) is 5.21. The quantitative estimate of drug-likeness (QED) is 0.814. The number of aromatic hydroxyl groups is 1. The van der Waals surface area contributed by atoms with Crippen LogP contribution in [-0.2, 0) is 0 Å². The lowest BCUT2D eigenvalue weighted by Crippen LogP contribution is -2.11. The van der Waals surface area contributed by atoms with Crippen molar-refractivity contribution in [1.82, 2.24) is 0 Å². The minimum atomic E-state index is -0.329. The van der Waals surface area contributed by atoms with Gasteiger partial charge in [0.25, 0.3) is 5.91 Å². The third-order valence-electron chi connectivity index (χ3n) is 2.33. The highest BCUT2D eigenvalue weighted by Gasteiger charge is 2.09. The van der Waals surface area contributed by atoms with Gasteiger partial charge in [0.05, 0.1) is 5.02 Å². The molecule has 0 atom stereocenters. The maximum Gasteiger partial charge on any atom is 0.255 e. The molecule has 2 rings (SSSR count). The van der Waals surface area contributed by atoms with Gasteiger partial charge in [0.2, 0.25) is 0 Å². The SMILES string of the molecule is O=C(Nc1ccc(Cl)c(O)c1)c1cc(Cl)cc(Br)c1. The Morgan fingerprint density at radius 1 is 1.16 bits per heavy atom.